The van der Waals surface area contributed by atoms with Crippen LogP contribution in [0, 0.1) is 52.3 Å². The van der Waals surface area contributed by atoms with Crippen molar-refractivity contribution in [3.8, 4) is 0 Å². The lowest BCUT2D eigenvalue weighted by Gasteiger charge is -2.62. The number of hydrogen-bond donors (Lipinski definition) is 2. The van der Waals surface area contributed by atoms with Gasteiger partial charge in [0, 0.05) is 0 Å². The van der Waals surface area contributed by atoms with E-state index in [4.69, 9.17) is 0 Å². The van der Waals surface area contributed by atoms with E-state index in [0.717, 1.165) is 32.1 Å². The highest BCUT2D eigenvalue weighted by Gasteiger charge is 2.65. The van der Waals surface area contributed by atoms with Gasteiger partial charge in [-0.25, -0.2) is 8.42 Å². The van der Waals surface area contributed by atoms with Crippen LogP contribution in [-0.4, -0.2) is 41.8 Å². The molecule has 238 valence electrons. The Balaban J connectivity index is 1.40. The first-order chi connectivity index (χ1) is 19.5. The molecule has 0 heterocycles. The molecule has 0 saturated heterocycles. The number of benzene rings is 1. The highest BCUT2D eigenvalue weighted by atomic mass is 32.2. The number of aliphatic hydroxyl groups excluding tert-OH is 1. The predicted molar refractivity (Wildman–Crippen MR) is 158 cm³/mol. The molecule has 0 amide bonds. The molecule has 42 heavy (non-hydrogen) atoms. The number of aliphatic hydroxyl groups is 2. The second-order valence-electron chi connectivity index (χ2n) is 15.4. The maximum Gasteiger partial charge on any atom is 0.417 e. The first-order valence-electron chi connectivity index (χ1n) is 16.2. The number of sulfone groups is 1. The van der Waals surface area contributed by atoms with Gasteiger partial charge in [-0.15, -0.1) is 0 Å². The Labute approximate surface area is 250 Å². The van der Waals surface area contributed by atoms with Crippen LogP contribution in [0.25, 0.3) is 0 Å². The monoisotopic (exact) mass is 612 g/mol. The Morgan fingerprint density at radius 3 is 2.17 bits per heavy atom. The van der Waals surface area contributed by atoms with Crippen LogP contribution in [0.15, 0.2) is 35.2 Å². The van der Waals surface area contributed by atoms with E-state index in [1.54, 1.807) is 24.3 Å². The van der Waals surface area contributed by atoms with Gasteiger partial charge < -0.3 is 10.2 Å². The highest BCUT2D eigenvalue weighted by Crippen LogP contribution is 2.69. The predicted octanol–water partition coefficient (Wildman–Crippen LogP) is 7.82. The van der Waals surface area contributed by atoms with Gasteiger partial charge in [0.1, 0.15) is 0 Å². The Morgan fingerprint density at radius 1 is 0.905 bits per heavy atom. The molecule has 4 aliphatic rings. The van der Waals surface area contributed by atoms with Crippen LogP contribution in [0.4, 0.5) is 13.2 Å². The summed E-state index contributed by atoms with van der Waals surface area (Å²) in [6.07, 6.45) is 0.367. The molecule has 4 aliphatic carbocycles. The van der Waals surface area contributed by atoms with Crippen LogP contribution in [0.2, 0.25) is 0 Å². The molecule has 0 bridgehead atoms. The van der Waals surface area contributed by atoms with Crippen molar-refractivity contribution in [2.75, 3.05) is 0 Å². The summed E-state index contributed by atoms with van der Waals surface area (Å²) in [6, 6.07) is 8.63. The van der Waals surface area contributed by atoms with Crippen molar-refractivity contribution < 1.29 is 31.8 Å². The Morgan fingerprint density at radius 2 is 1.55 bits per heavy atom. The molecule has 0 spiro atoms. The minimum Gasteiger partial charge on any atom is -0.393 e. The van der Waals surface area contributed by atoms with Crippen molar-refractivity contribution in [3.05, 3.63) is 30.3 Å². The largest absolute Gasteiger partial charge is 0.417 e. The molecular formula is C34H51F3O4S. The topological polar surface area (TPSA) is 74.6 Å². The van der Waals surface area contributed by atoms with Crippen molar-refractivity contribution in [1.82, 2.24) is 0 Å². The second-order valence-corrected chi connectivity index (χ2v) is 17.6. The summed E-state index contributed by atoms with van der Waals surface area (Å²) in [4.78, 5) is 0.309. The molecule has 4 nitrogen and oxygen atoms in total. The van der Waals surface area contributed by atoms with Crippen LogP contribution in [0.1, 0.15) is 98.8 Å². The minimum atomic E-state index is -4.59. The van der Waals surface area contributed by atoms with E-state index in [9.17, 15) is 31.8 Å². The lowest BCUT2D eigenvalue weighted by atomic mass is 9.43. The van der Waals surface area contributed by atoms with Gasteiger partial charge in [0.05, 0.1) is 16.2 Å². The maximum atomic E-state index is 14.1. The van der Waals surface area contributed by atoms with Crippen molar-refractivity contribution in [1.29, 1.82) is 0 Å². The van der Waals surface area contributed by atoms with Gasteiger partial charge in [0.25, 0.3) is 0 Å². The van der Waals surface area contributed by atoms with Gasteiger partial charge in [-0.2, -0.15) is 13.2 Å². The van der Waals surface area contributed by atoms with Crippen molar-refractivity contribution in [2.45, 2.75) is 127 Å². The normalized spacial score (nSPS) is 41.0. The fourth-order valence-corrected chi connectivity index (χ4v) is 12.7. The van der Waals surface area contributed by atoms with E-state index in [2.05, 4.69) is 20.8 Å². The Bertz CT molecular complexity index is 1220. The van der Waals surface area contributed by atoms with Gasteiger partial charge in [-0.05, 0) is 129 Å². The molecule has 4 fully saturated rings. The maximum absolute atomic E-state index is 14.1. The summed E-state index contributed by atoms with van der Waals surface area (Å²) in [5.74, 6) is 1.06. The Hall–Kier alpha value is -1.12. The lowest BCUT2D eigenvalue weighted by Crippen LogP contribution is -2.59. The quantitative estimate of drug-likeness (QED) is 0.329. The molecule has 0 radical (unpaired) electrons. The van der Waals surface area contributed by atoms with Gasteiger partial charge in [-0.1, -0.05) is 52.8 Å². The summed E-state index contributed by atoms with van der Waals surface area (Å²) in [5.41, 5.74) is -2.81. The minimum absolute atomic E-state index is 0.0433. The fraction of sp³-hybridized carbons (Fsp3) is 0.824. The van der Waals surface area contributed by atoms with Crippen LogP contribution in [-0.2, 0) is 9.84 Å². The van der Waals surface area contributed by atoms with Crippen molar-refractivity contribution in [2.24, 2.45) is 52.3 Å². The molecular weight excluding hydrogens is 561 g/mol. The zero-order valence-electron chi connectivity index (χ0n) is 25.9. The van der Waals surface area contributed by atoms with Crippen LogP contribution in [0.5, 0.6) is 0 Å². The molecule has 11 atom stereocenters. The third-order valence-electron chi connectivity index (χ3n) is 13.3. The van der Waals surface area contributed by atoms with Gasteiger partial charge in [0.2, 0.25) is 0 Å². The van der Waals surface area contributed by atoms with Gasteiger partial charge >= 0.3 is 6.18 Å². The van der Waals surface area contributed by atoms with Crippen molar-refractivity contribution in [3.63, 3.8) is 0 Å². The molecule has 5 rings (SSSR count). The zero-order chi connectivity index (χ0) is 30.9. The number of halogens is 3. The smallest absolute Gasteiger partial charge is 0.393 e. The summed E-state index contributed by atoms with van der Waals surface area (Å²) < 4.78 is 69.5. The van der Waals surface area contributed by atoms with Gasteiger partial charge in [-0.3, -0.25) is 0 Å². The summed E-state index contributed by atoms with van der Waals surface area (Å²) in [7, 11) is -3.68. The number of hydrogen-bond acceptors (Lipinski definition) is 4. The standard InChI is InChI=1S/C34H51F3O4S/c1-21(2)29(38)19-30(42(40,41)24-9-7-6-8-10-24)22(3)26-13-14-27-25-12-11-23-20-33(39,34(35,36)37)18-17-31(23,4)28(25)15-16-32(26,27)5/h6-10,21-23,25-30,38-39H,11-20H2,1-5H3/t22-,23-,25-,26+,27-,28-,29?,30?,31-,32+,33-/m0/s1. The second kappa shape index (κ2) is 11.0. The SMILES string of the molecule is CC(C)C(O)CC([C@@H](C)[C@H]1CC[C@H]2[C@@H]3CC[C@H]4C[C@](O)(C(F)(F)F)CC[C@]4(C)[C@H]3CC[C@]12C)S(=O)(=O)c1ccccc1. The van der Waals surface area contributed by atoms with E-state index in [0.29, 0.717) is 35.5 Å². The molecule has 2 N–H and O–H groups in total. The summed E-state index contributed by atoms with van der Waals surface area (Å²) in [5, 5.41) is 20.8. The van der Waals surface area contributed by atoms with E-state index in [-0.39, 0.29) is 53.8 Å². The van der Waals surface area contributed by atoms with E-state index >= 15 is 0 Å². The molecule has 1 aromatic carbocycles. The third-order valence-corrected chi connectivity index (χ3v) is 15.6. The molecule has 2 unspecified atom stereocenters. The van der Waals surface area contributed by atoms with Gasteiger partial charge in [0.15, 0.2) is 15.4 Å². The number of rotatable bonds is 7. The summed E-state index contributed by atoms with van der Waals surface area (Å²) in [6.45, 7) is 10.5. The Kier molecular flexibility index (Phi) is 8.49. The molecule has 1 aromatic rings. The van der Waals surface area contributed by atoms with Crippen LogP contribution >= 0.6 is 0 Å². The first-order valence-corrected chi connectivity index (χ1v) is 17.8. The van der Waals surface area contributed by atoms with E-state index < -0.39 is 33.0 Å². The molecule has 4 saturated carbocycles. The molecule has 8 heteroatoms. The van der Waals surface area contributed by atoms with E-state index in [1.807, 2.05) is 19.9 Å². The average Bonchev–Trinajstić information content (AvgIpc) is 3.28. The van der Waals surface area contributed by atoms with Crippen LogP contribution < -0.4 is 0 Å². The van der Waals surface area contributed by atoms with E-state index in [1.165, 1.54) is 0 Å². The number of alkyl halides is 3. The highest BCUT2D eigenvalue weighted by molar-refractivity contribution is 7.92. The fourth-order valence-electron chi connectivity index (χ4n) is 10.6. The molecule has 0 aliphatic heterocycles. The summed E-state index contributed by atoms with van der Waals surface area (Å²) >= 11 is 0. The first kappa shape index (κ1) is 32.3. The van der Waals surface area contributed by atoms with Crippen LogP contribution in [0.3, 0.4) is 0 Å². The lowest BCUT2D eigenvalue weighted by molar-refractivity contribution is -0.290. The average molecular weight is 613 g/mol. The number of fused-ring (bicyclic) bond motifs is 5. The van der Waals surface area contributed by atoms with Crippen molar-refractivity contribution >= 4 is 9.84 Å². The molecule has 0 aromatic heterocycles. The third kappa shape index (κ3) is 5.17. The zero-order valence-corrected chi connectivity index (χ0v) is 26.7.